The van der Waals surface area contributed by atoms with Crippen molar-refractivity contribution < 1.29 is 23.9 Å². The quantitative estimate of drug-likeness (QED) is 0.359. The van der Waals surface area contributed by atoms with Crippen molar-refractivity contribution in [3.05, 3.63) is 64.1 Å². The number of imide groups is 1. The Morgan fingerprint density at radius 1 is 0.957 bits per heavy atom. The van der Waals surface area contributed by atoms with Gasteiger partial charge in [0.05, 0.1) is 24.7 Å². The summed E-state index contributed by atoms with van der Waals surface area (Å²) < 4.78 is 14.0. The molecule has 3 fully saturated rings. The third-order valence-corrected chi connectivity index (χ3v) is 9.65. The van der Waals surface area contributed by atoms with Crippen molar-refractivity contribution in [2.75, 3.05) is 39.8 Å². The van der Waals surface area contributed by atoms with Gasteiger partial charge in [0.25, 0.3) is 5.91 Å². The van der Waals surface area contributed by atoms with Crippen LogP contribution in [0.2, 0.25) is 0 Å². The molecule has 0 radical (unpaired) electrons. The largest absolute Gasteiger partial charge is 0.497 e. The zero-order chi connectivity index (χ0) is 32.7. The highest BCUT2D eigenvalue weighted by molar-refractivity contribution is 6.00. The van der Waals surface area contributed by atoms with Gasteiger partial charge in [-0.05, 0) is 81.2 Å². The van der Waals surface area contributed by atoms with Crippen LogP contribution >= 0.6 is 0 Å². The fourth-order valence-electron chi connectivity index (χ4n) is 7.18. The highest BCUT2D eigenvalue weighted by Crippen LogP contribution is 2.44. The van der Waals surface area contributed by atoms with Crippen LogP contribution in [0.1, 0.15) is 69.5 Å². The van der Waals surface area contributed by atoms with E-state index in [4.69, 9.17) is 9.47 Å². The summed E-state index contributed by atoms with van der Waals surface area (Å²) in [6.45, 7) is 9.81. The van der Waals surface area contributed by atoms with Crippen LogP contribution in [0.25, 0.3) is 11.0 Å². The van der Waals surface area contributed by atoms with E-state index in [-0.39, 0.29) is 36.6 Å². The highest BCUT2D eigenvalue weighted by atomic mass is 16.6. The minimum atomic E-state index is -0.740. The SMILES string of the molecule is COc1ccc(CN2C(=O)CCC(n3c(=O)n(C)c4c(C5CC(CN6CCN(C(=O)OC(C)(C)C)CC6)C5)cccc43)C2=O)cc1. The maximum Gasteiger partial charge on any atom is 0.410 e. The number of likely N-dealkylation sites (tertiary alicyclic amines) is 1. The van der Waals surface area contributed by atoms with Crippen molar-refractivity contribution in [1.29, 1.82) is 0 Å². The molecule has 3 aliphatic rings. The maximum absolute atomic E-state index is 13.8. The molecule has 1 aliphatic carbocycles. The van der Waals surface area contributed by atoms with Gasteiger partial charge in [-0.2, -0.15) is 0 Å². The zero-order valence-corrected chi connectivity index (χ0v) is 27.5. The number of rotatable bonds is 7. The van der Waals surface area contributed by atoms with Crippen molar-refractivity contribution >= 4 is 28.9 Å². The molecule has 246 valence electrons. The number of piperidine rings is 1. The molecule has 6 rings (SSSR count). The second kappa shape index (κ2) is 12.6. The summed E-state index contributed by atoms with van der Waals surface area (Å²) in [6, 6.07) is 12.6. The Labute approximate surface area is 269 Å². The molecule has 0 bridgehead atoms. The van der Waals surface area contributed by atoms with Crippen LogP contribution in [0.5, 0.6) is 5.75 Å². The number of hydrogen-bond donors (Lipinski definition) is 0. The monoisotopic (exact) mass is 631 g/mol. The number of fused-ring (bicyclic) bond motifs is 1. The van der Waals surface area contributed by atoms with Gasteiger partial charge in [0.1, 0.15) is 17.4 Å². The number of ether oxygens (including phenoxy) is 2. The van der Waals surface area contributed by atoms with E-state index in [1.807, 2.05) is 45.0 Å². The number of imidazole rings is 1. The first-order chi connectivity index (χ1) is 21.9. The van der Waals surface area contributed by atoms with Crippen LogP contribution in [-0.4, -0.2) is 87.2 Å². The van der Waals surface area contributed by atoms with E-state index in [0.717, 1.165) is 54.6 Å². The smallest absolute Gasteiger partial charge is 0.410 e. The van der Waals surface area contributed by atoms with Gasteiger partial charge in [0.15, 0.2) is 0 Å². The molecule has 2 saturated heterocycles. The number of methoxy groups -OCH3 is 1. The van der Waals surface area contributed by atoms with Gasteiger partial charge in [-0.3, -0.25) is 28.5 Å². The average Bonchev–Trinajstić information content (AvgIpc) is 3.26. The number of carbonyl (C=O) groups excluding carboxylic acids is 3. The Bertz CT molecular complexity index is 1670. The maximum atomic E-state index is 13.8. The second-order valence-electron chi connectivity index (χ2n) is 13.9. The van der Waals surface area contributed by atoms with Gasteiger partial charge in [0.2, 0.25) is 5.91 Å². The van der Waals surface area contributed by atoms with Crippen molar-refractivity contribution in [1.82, 2.24) is 23.8 Å². The molecule has 1 atom stereocenters. The summed E-state index contributed by atoms with van der Waals surface area (Å²) in [4.78, 5) is 58.3. The number of piperazine rings is 1. The van der Waals surface area contributed by atoms with Gasteiger partial charge >= 0.3 is 11.8 Å². The fraction of sp³-hybridized carbons (Fsp3) is 0.543. The first-order valence-electron chi connectivity index (χ1n) is 16.3. The molecular weight excluding hydrogens is 586 g/mol. The molecule has 2 aliphatic heterocycles. The Balaban J connectivity index is 1.13. The molecule has 0 spiro atoms. The number of para-hydroxylation sites is 1. The van der Waals surface area contributed by atoms with E-state index in [0.29, 0.717) is 37.1 Å². The lowest BCUT2D eigenvalue weighted by Gasteiger charge is -2.42. The lowest BCUT2D eigenvalue weighted by Crippen LogP contribution is -2.51. The van der Waals surface area contributed by atoms with E-state index in [1.54, 1.807) is 40.3 Å². The van der Waals surface area contributed by atoms with Crippen LogP contribution in [0.3, 0.4) is 0 Å². The number of nitrogens with zero attached hydrogens (tertiary/aromatic N) is 5. The molecular formula is C35H45N5O6. The molecule has 1 saturated carbocycles. The molecule has 1 aromatic heterocycles. The molecule has 11 heteroatoms. The third kappa shape index (κ3) is 6.29. The van der Waals surface area contributed by atoms with E-state index in [2.05, 4.69) is 11.0 Å². The van der Waals surface area contributed by atoms with Gasteiger partial charge in [-0.25, -0.2) is 9.59 Å². The minimum absolute atomic E-state index is 0.155. The van der Waals surface area contributed by atoms with Crippen LogP contribution < -0.4 is 10.4 Å². The molecule has 2 aromatic carbocycles. The number of amides is 3. The summed E-state index contributed by atoms with van der Waals surface area (Å²) in [5, 5.41) is 0. The number of benzene rings is 2. The van der Waals surface area contributed by atoms with E-state index in [1.165, 1.54) is 4.90 Å². The summed E-state index contributed by atoms with van der Waals surface area (Å²) >= 11 is 0. The van der Waals surface area contributed by atoms with Crippen LogP contribution in [0, 0.1) is 5.92 Å². The standard InChI is InChI=1S/C35H45N5O6/c1-35(2,3)46-34(44)38-17-15-37(16-18-38)21-24-19-25(20-24)27-7-6-8-28-31(27)36(4)33(43)40(28)29-13-14-30(41)39(32(29)42)22-23-9-11-26(45-5)12-10-23/h6-12,24-25,29H,13-22H2,1-5H3. The predicted molar refractivity (Wildman–Crippen MR) is 174 cm³/mol. The zero-order valence-electron chi connectivity index (χ0n) is 27.5. The highest BCUT2D eigenvalue weighted by Gasteiger charge is 2.39. The predicted octanol–water partition coefficient (Wildman–Crippen LogP) is 4.29. The molecule has 0 N–H and O–H groups in total. The second-order valence-corrected chi connectivity index (χ2v) is 13.9. The summed E-state index contributed by atoms with van der Waals surface area (Å²) in [7, 11) is 3.37. The number of aromatic nitrogens is 2. The Kier molecular flexibility index (Phi) is 8.71. The van der Waals surface area contributed by atoms with Crippen LogP contribution in [0.15, 0.2) is 47.3 Å². The molecule has 46 heavy (non-hydrogen) atoms. The first-order valence-corrected chi connectivity index (χ1v) is 16.3. The number of aryl methyl sites for hydroxylation is 1. The topological polar surface area (TPSA) is 106 Å². The molecule has 3 aromatic rings. The van der Waals surface area contributed by atoms with Gasteiger partial charge in [0, 0.05) is 46.2 Å². The molecule has 3 amide bonds. The van der Waals surface area contributed by atoms with Gasteiger partial charge in [-0.15, -0.1) is 0 Å². The van der Waals surface area contributed by atoms with E-state index >= 15 is 0 Å². The van der Waals surface area contributed by atoms with Crippen LogP contribution in [-0.2, 0) is 27.9 Å². The molecule has 11 nitrogen and oxygen atoms in total. The minimum Gasteiger partial charge on any atom is -0.497 e. The van der Waals surface area contributed by atoms with Crippen molar-refractivity contribution in [3.8, 4) is 5.75 Å². The van der Waals surface area contributed by atoms with E-state index < -0.39 is 11.6 Å². The summed E-state index contributed by atoms with van der Waals surface area (Å²) in [5.74, 6) is 1.01. The Morgan fingerprint density at radius 2 is 1.65 bits per heavy atom. The third-order valence-electron chi connectivity index (χ3n) is 9.65. The lowest BCUT2D eigenvalue weighted by atomic mass is 9.71. The van der Waals surface area contributed by atoms with Crippen LogP contribution in [0.4, 0.5) is 4.79 Å². The Hall–Kier alpha value is -4.12. The first kappa shape index (κ1) is 31.8. The van der Waals surface area contributed by atoms with Gasteiger partial charge in [-0.1, -0.05) is 24.3 Å². The number of hydrogen-bond acceptors (Lipinski definition) is 7. The van der Waals surface area contributed by atoms with Gasteiger partial charge < -0.3 is 14.4 Å². The van der Waals surface area contributed by atoms with Crippen molar-refractivity contribution in [2.24, 2.45) is 13.0 Å². The van der Waals surface area contributed by atoms with Crippen molar-refractivity contribution in [3.63, 3.8) is 0 Å². The summed E-state index contributed by atoms with van der Waals surface area (Å²) in [5.41, 5.74) is 2.83. The molecule has 3 heterocycles. The lowest BCUT2D eigenvalue weighted by molar-refractivity contribution is -0.151. The van der Waals surface area contributed by atoms with Crippen molar-refractivity contribution in [2.45, 2.75) is 70.6 Å². The normalized spacial score (nSPS) is 22.7. The Morgan fingerprint density at radius 3 is 2.30 bits per heavy atom. The van der Waals surface area contributed by atoms with E-state index in [9.17, 15) is 19.2 Å². The molecule has 1 unspecified atom stereocenters. The summed E-state index contributed by atoms with van der Waals surface area (Å²) in [6.07, 6.45) is 2.31. The number of carbonyl (C=O) groups is 3. The average molecular weight is 632 g/mol. The fourth-order valence-corrected chi connectivity index (χ4v) is 7.18.